The summed E-state index contributed by atoms with van der Waals surface area (Å²) >= 11 is 6.01. The number of rotatable bonds is 6. The highest BCUT2D eigenvalue weighted by Crippen LogP contribution is 2.33. The lowest BCUT2D eigenvalue weighted by Crippen LogP contribution is -2.42. The monoisotopic (exact) mass is 457 g/mol. The van der Waals surface area contributed by atoms with Crippen LogP contribution in [0.25, 0.3) is 11.4 Å². The smallest absolute Gasteiger partial charge is 0.256 e. The molecule has 1 atom stereocenters. The standard InChI is InChI=1S/C25H32ClN3O3/c1-2-3-4-18-14-29(22(31)13-16-5-11-20(30)12-6-16)15-21-23(18)27-24(28-25(21)32)17-7-9-19(26)10-8-17/h7-10,16,18,20,30H,2-6,11-15H2,1H3,(H,27,28,32). The Morgan fingerprint density at radius 2 is 1.94 bits per heavy atom. The second-order valence-electron chi connectivity index (χ2n) is 9.28. The second-order valence-corrected chi connectivity index (χ2v) is 9.71. The van der Waals surface area contributed by atoms with E-state index in [4.69, 9.17) is 16.6 Å². The number of halogens is 1. The van der Waals surface area contributed by atoms with E-state index in [1.807, 2.05) is 17.0 Å². The molecule has 1 aromatic heterocycles. The Kier molecular flexibility index (Phi) is 7.31. The molecule has 1 unspecified atom stereocenters. The molecule has 4 rings (SSSR count). The van der Waals surface area contributed by atoms with Crippen LogP contribution in [0.3, 0.4) is 0 Å². The van der Waals surface area contributed by atoms with Gasteiger partial charge in [-0.25, -0.2) is 4.98 Å². The maximum atomic E-state index is 13.1. The summed E-state index contributed by atoms with van der Waals surface area (Å²) in [6, 6.07) is 7.28. The summed E-state index contributed by atoms with van der Waals surface area (Å²) < 4.78 is 0. The number of benzene rings is 1. The maximum Gasteiger partial charge on any atom is 0.256 e. The second kappa shape index (κ2) is 10.2. The summed E-state index contributed by atoms with van der Waals surface area (Å²) in [5, 5.41) is 10.4. The average molecular weight is 458 g/mol. The number of unbranched alkanes of at least 4 members (excludes halogenated alkanes) is 1. The number of aromatic amines is 1. The van der Waals surface area contributed by atoms with Crippen LogP contribution >= 0.6 is 11.6 Å². The number of aliphatic hydroxyl groups excluding tert-OH is 1. The molecular weight excluding hydrogens is 426 g/mol. The summed E-state index contributed by atoms with van der Waals surface area (Å²) in [5.74, 6) is 1.04. The van der Waals surface area contributed by atoms with Crippen LogP contribution in [-0.2, 0) is 11.3 Å². The van der Waals surface area contributed by atoms with Gasteiger partial charge in [0.15, 0.2) is 0 Å². The van der Waals surface area contributed by atoms with Gasteiger partial charge in [-0.2, -0.15) is 0 Å². The van der Waals surface area contributed by atoms with Gasteiger partial charge in [0.05, 0.1) is 23.9 Å². The normalized spacial score (nSPS) is 23.1. The molecule has 0 bridgehead atoms. The topological polar surface area (TPSA) is 86.3 Å². The predicted molar refractivity (Wildman–Crippen MR) is 126 cm³/mol. The molecule has 1 saturated carbocycles. The van der Waals surface area contributed by atoms with Crippen molar-refractivity contribution in [3.63, 3.8) is 0 Å². The van der Waals surface area contributed by atoms with Gasteiger partial charge in [-0.1, -0.05) is 31.4 Å². The molecule has 1 aliphatic carbocycles. The highest BCUT2D eigenvalue weighted by Gasteiger charge is 2.33. The van der Waals surface area contributed by atoms with Crippen LogP contribution in [0.15, 0.2) is 29.1 Å². The van der Waals surface area contributed by atoms with Crippen LogP contribution in [0.2, 0.25) is 5.02 Å². The van der Waals surface area contributed by atoms with Crippen molar-refractivity contribution in [1.82, 2.24) is 14.9 Å². The molecule has 6 nitrogen and oxygen atoms in total. The van der Waals surface area contributed by atoms with Crippen molar-refractivity contribution in [2.45, 2.75) is 76.9 Å². The Balaban J connectivity index is 1.58. The van der Waals surface area contributed by atoms with Gasteiger partial charge in [-0.15, -0.1) is 0 Å². The fourth-order valence-corrected chi connectivity index (χ4v) is 5.08. The summed E-state index contributed by atoms with van der Waals surface area (Å²) in [6.45, 7) is 3.07. The first-order chi connectivity index (χ1) is 15.4. The lowest BCUT2D eigenvalue weighted by Gasteiger charge is -2.35. The summed E-state index contributed by atoms with van der Waals surface area (Å²) in [5.41, 5.74) is 2.10. The minimum Gasteiger partial charge on any atom is -0.393 e. The molecule has 32 heavy (non-hydrogen) atoms. The van der Waals surface area contributed by atoms with Crippen LogP contribution in [0.4, 0.5) is 0 Å². The highest BCUT2D eigenvalue weighted by atomic mass is 35.5. The molecule has 1 fully saturated rings. The molecule has 0 spiro atoms. The van der Waals surface area contributed by atoms with Gasteiger partial charge < -0.3 is 15.0 Å². The zero-order valence-electron chi connectivity index (χ0n) is 18.6. The number of nitrogens with one attached hydrogen (secondary N) is 1. The Bertz CT molecular complexity index is 996. The number of aromatic nitrogens is 2. The molecule has 1 amide bonds. The molecule has 0 saturated heterocycles. The average Bonchev–Trinajstić information content (AvgIpc) is 2.79. The Morgan fingerprint density at radius 3 is 2.62 bits per heavy atom. The molecule has 1 aromatic carbocycles. The number of H-pyrrole nitrogens is 1. The minimum absolute atomic E-state index is 0.0594. The lowest BCUT2D eigenvalue weighted by molar-refractivity contribution is -0.134. The van der Waals surface area contributed by atoms with Gasteiger partial charge in [-0.3, -0.25) is 9.59 Å². The van der Waals surface area contributed by atoms with E-state index in [1.54, 1.807) is 12.1 Å². The molecule has 2 aliphatic rings. The lowest BCUT2D eigenvalue weighted by atomic mass is 9.84. The molecule has 0 radical (unpaired) electrons. The molecule has 172 valence electrons. The molecule has 7 heteroatoms. The predicted octanol–water partition coefficient (Wildman–Crippen LogP) is 4.65. The van der Waals surface area contributed by atoms with E-state index < -0.39 is 0 Å². The van der Waals surface area contributed by atoms with Crippen LogP contribution in [0.5, 0.6) is 0 Å². The van der Waals surface area contributed by atoms with E-state index in [-0.39, 0.29) is 23.5 Å². The molecule has 2 heterocycles. The Hall–Kier alpha value is -2.18. The van der Waals surface area contributed by atoms with Crippen molar-refractivity contribution < 1.29 is 9.90 Å². The Labute approximate surface area is 194 Å². The molecular formula is C25H32ClN3O3. The van der Waals surface area contributed by atoms with Crippen LogP contribution in [0, 0.1) is 5.92 Å². The summed E-state index contributed by atoms with van der Waals surface area (Å²) in [4.78, 5) is 35.8. The van der Waals surface area contributed by atoms with E-state index in [2.05, 4.69) is 11.9 Å². The van der Waals surface area contributed by atoms with Crippen LogP contribution < -0.4 is 5.56 Å². The van der Waals surface area contributed by atoms with Gasteiger partial charge >= 0.3 is 0 Å². The van der Waals surface area contributed by atoms with E-state index >= 15 is 0 Å². The van der Waals surface area contributed by atoms with Gasteiger partial charge in [0.2, 0.25) is 5.91 Å². The van der Waals surface area contributed by atoms with E-state index in [9.17, 15) is 14.7 Å². The molecule has 2 N–H and O–H groups in total. The molecule has 2 aromatic rings. The summed E-state index contributed by atoms with van der Waals surface area (Å²) in [6.07, 6.45) is 6.59. The van der Waals surface area contributed by atoms with Crippen molar-refractivity contribution in [3.8, 4) is 11.4 Å². The largest absolute Gasteiger partial charge is 0.393 e. The van der Waals surface area contributed by atoms with Crippen molar-refractivity contribution in [1.29, 1.82) is 0 Å². The number of fused-ring (bicyclic) bond motifs is 1. The van der Waals surface area contributed by atoms with Gasteiger partial charge in [0.25, 0.3) is 5.56 Å². The zero-order chi connectivity index (χ0) is 22.7. The van der Waals surface area contributed by atoms with Gasteiger partial charge in [0.1, 0.15) is 5.82 Å². The number of amides is 1. The number of carbonyl (C=O) groups is 1. The number of aliphatic hydroxyl groups is 1. The van der Waals surface area contributed by atoms with Crippen molar-refractivity contribution in [2.24, 2.45) is 5.92 Å². The zero-order valence-corrected chi connectivity index (χ0v) is 19.4. The van der Waals surface area contributed by atoms with Crippen LogP contribution in [-0.4, -0.2) is 38.5 Å². The van der Waals surface area contributed by atoms with E-state index in [0.717, 1.165) is 56.2 Å². The molecule has 1 aliphatic heterocycles. The van der Waals surface area contributed by atoms with Crippen molar-refractivity contribution in [3.05, 3.63) is 50.9 Å². The summed E-state index contributed by atoms with van der Waals surface area (Å²) in [7, 11) is 0. The van der Waals surface area contributed by atoms with E-state index in [1.165, 1.54) is 0 Å². The maximum absolute atomic E-state index is 13.1. The highest BCUT2D eigenvalue weighted by molar-refractivity contribution is 6.30. The van der Waals surface area contributed by atoms with Crippen molar-refractivity contribution >= 4 is 17.5 Å². The van der Waals surface area contributed by atoms with E-state index in [0.29, 0.717) is 41.8 Å². The third-order valence-corrected chi connectivity index (χ3v) is 7.13. The third kappa shape index (κ3) is 5.24. The fourth-order valence-electron chi connectivity index (χ4n) is 4.95. The fraction of sp³-hybridized carbons (Fsp3) is 0.560. The quantitative estimate of drug-likeness (QED) is 0.661. The number of nitrogens with zero attached hydrogens (tertiary/aromatic N) is 2. The number of hydrogen-bond acceptors (Lipinski definition) is 4. The Morgan fingerprint density at radius 1 is 1.22 bits per heavy atom. The first-order valence-electron chi connectivity index (χ1n) is 11.8. The van der Waals surface area contributed by atoms with Gasteiger partial charge in [0, 0.05) is 29.5 Å². The number of carbonyl (C=O) groups excluding carboxylic acids is 1. The number of hydrogen-bond donors (Lipinski definition) is 2. The van der Waals surface area contributed by atoms with Gasteiger partial charge in [-0.05, 0) is 62.3 Å². The van der Waals surface area contributed by atoms with Crippen molar-refractivity contribution in [2.75, 3.05) is 6.54 Å². The first-order valence-corrected chi connectivity index (χ1v) is 12.2. The first kappa shape index (κ1) is 23.0. The van der Waals surface area contributed by atoms with Crippen LogP contribution in [0.1, 0.15) is 75.5 Å². The SMILES string of the molecule is CCCCC1CN(C(=O)CC2CCC(O)CC2)Cc2c1nc(-c1ccc(Cl)cc1)[nH]c2=O. The third-order valence-electron chi connectivity index (χ3n) is 6.88. The minimum atomic E-state index is -0.221.